The van der Waals surface area contributed by atoms with Crippen LogP contribution >= 0.6 is 0 Å². The summed E-state index contributed by atoms with van der Waals surface area (Å²) in [5.74, 6) is 0.743. The largest absolute Gasteiger partial charge is 0.493 e. The van der Waals surface area contributed by atoms with Crippen molar-refractivity contribution in [3.05, 3.63) is 47.8 Å². The maximum Gasteiger partial charge on any atom is 0.234 e. The summed E-state index contributed by atoms with van der Waals surface area (Å²) < 4.78 is 29.0. The third-order valence-electron chi connectivity index (χ3n) is 4.06. The molecule has 2 aromatic rings. The molecule has 0 bridgehead atoms. The fourth-order valence-electron chi connectivity index (χ4n) is 2.44. The number of hydrogen-bond acceptors (Lipinski definition) is 4. The number of hydrogen-bond donors (Lipinski definition) is 1. The van der Waals surface area contributed by atoms with Crippen molar-refractivity contribution < 1.29 is 23.4 Å². The van der Waals surface area contributed by atoms with Crippen LogP contribution in [0.1, 0.15) is 19.4 Å². The van der Waals surface area contributed by atoms with Gasteiger partial charge >= 0.3 is 0 Å². The van der Waals surface area contributed by atoms with E-state index in [-0.39, 0.29) is 11.7 Å². The highest BCUT2D eigenvalue weighted by Gasteiger charge is 2.30. The number of rotatable bonds is 6. The second-order valence-corrected chi connectivity index (χ2v) is 6.00. The van der Waals surface area contributed by atoms with Gasteiger partial charge in [-0.25, -0.2) is 4.39 Å². The van der Waals surface area contributed by atoms with Gasteiger partial charge in [0.15, 0.2) is 11.5 Å². The number of methoxy groups -OCH3 is 3. The zero-order valence-corrected chi connectivity index (χ0v) is 15.0. The van der Waals surface area contributed by atoms with Crippen LogP contribution in [-0.4, -0.2) is 27.2 Å². The van der Waals surface area contributed by atoms with Crippen LogP contribution in [0.2, 0.25) is 0 Å². The Hall–Kier alpha value is -2.76. The molecule has 134 valence electrons. The fraction of sp³-hybridized carbons (Fsp3) is 0.316. The third-order valence-corrected chi connectivity index (χ3v) is 4.06. The Morgan fingerprint density at radius 3 is 1.92 bits per heavy atom. The maximum absolute atomic E-state index is 13.1. The van der Waals surface area contributed by atoms with Crippen molar-refractivity contribution >= 4 is 11.6 Å². The van der Waals surface area contributed by atoms with Gasteiger partial charge in [-0.05, 0) is 31.5 Å². The minimum absolute atomic E-state index is 0.242. The second kappa shape index (κ2) is 7.42. The zero-order valence-electron chi connectivity index (χ0n) is 15.0. The smallest absolute Gasteiger partial charge is 0.234 e. The molecule has 0 aromatic heterocycles. The van der Waals surface area contributed by atoms with Crippen LogP contribution in [0, 0.1) is 5.82 Å². The van der Waals surface area contributed by atoms with Gasteiger partial charge in [0.25, 0.3) is 0 Å². The van der Waals surface area contributed by atoms with E-state index in [9.17, 15) is 9.18 Å². The number of anilines is 1. The molecule has 0 aliphatic rings. The highest BCUT2D eigenvalue weighted by atomic mass is 19.1. The average Bonchev–Trinajstić information content (AvgIpc) is 2.61. The summed E-state index contributed by atoms with van der Waals surface area (Å²) in [6.45, 7) is 3.54. The molecule has 6 heteroatoms. The molecule has 5 nitrogen and oxygen atoms in total. The highest BCUT2D eigenvalue weighted by molar-refractivity contribution is 5.99. The predicted octanol–water partition coefficient (Wildman–Crippen LogP) is 3.77. The lowest BCUT2D eigenvalue weighted by Crippen LogP contribution is -2.34. The predicted molar refractivity (Wildman–Crippen MR) is 94.2 cm³/mol. The van der Waals surface area contributed by atoms with Gasteiger partial charge in [-0.1, -0.05) is 12.1 Å². The van der Waals surface area contributed by atoms with Gasteiger partial charge in [0.1, 0.15) is 5.82 Å². The van der Waals surface area contributed by atoms with Crippen LogP contribution in [0.15, 0.2) is 36.4 Å². The lowest BCUT2D eigenvalue weighted by molar-refractivity contribution is -0.120. The number of halogens is 1. The Bertz CT molecular complexity index is 732. The van der Waals surface area contributed by atoms with E-state index in [1.165, 1.54) is 33.5 Å². The summed E-state index contributed by atoms with van der Waals surface area (Å²) in [4.78, 5) is 12.8. The Balaban J connectivity index is 2.32. The van der Waals surface area contributed by atoms with Gasteiger partial charge in [-0.15, -0.1) is 0 Å². The number of nitrogens with one attached hydrogen (secondary N) is 1. The van der Waals surface area contributed by atoms with Gasteiger partial charge in [0.05, 0.1) is 26.7 Å². The van der Waals surface area contributed by atoms with Crippen molar-refractivity contribution in [1.82, 2.24) is 0 Å². The van der Waals surface area contributed by atoms with Gasteiger partial charge in [-0.3, -0.25) is 4.79 Å². The van der Waals surface area contributed by atoms with E-state index in [0.29, 0.717) is 28.5 Å². The molecule has 0 saturated carbocycles. The van der Waals surface area contributed by atoms with Crippen molar-refractivity contribution in [2.24, 2.45) is 0 Å². The Morgan fingerprint density at radius 2 is 1.48 bits per heavy atom. The standard InChI is InChI=1S/C19H22FNO4/c1-19(2,12-6-8-13(20)9-7-12)18(22)21-14-10-15(23-3)17(25-5)16(11-14)24-4/h6-11H,1-5H3,(H,21,22). The van der Waals surface area contributed by atoms with Crippen molar-refractivity contribution in [1.29, 1.82) is 0 Å². The number of carbonyl (C=O) groups excluding carboxylic acids is 1. The van der Waals surface area contributed by atoms with Crippen LogP contribution in [0.5, 0.6) is 17.2 Å². The first-order chi connectivity index (χ1) is 11.8. The van der Waals surface area contributed by atoms with Crippen LogP contribution < -0.4 is 19.5 Å². The quantitative estimate of drug-likeness (QED) is 0.864. The first kappa shape index (κ1) is 18.6. The first-order valence-corrected chi connectivity index (χ1v) is 7.71. The van der Waals surface area contributed by atoms with E-state index < -0.39 is 5.41 Å². The van der Waals surface area contributed by atoms with Gasteiger partial charge in [-0.2, -0.15) is 0 Å². The third kappa shape index (κ3) is 3.84. The summed E-state index contributed by atoms with van der Waals surface area (Å²) in [5.41, 5.74) is 0.363. The molecular weight excluding hydrogens is 325 g/mol. The van der Waals surface area contributed by atoms with E-state index in [1.807, 2.05) is 0 Å². The summed E-state index contributed by atoms with van der Waals surface area (Å²) in [6.07, 6.45) is 0. The van der Waals surface area contributed by atoms with E-state index in [4.69, 9.17) is 14.2 Å². The topological polar surface area (TPSA) is 56.8 Å². The highest BCUT2D eigenvalue weighted by Crippen LogP contribution is 2.40. The summed E-state index contributed by atoms with van der Waals surface area (Å²) in [7, 11) is 4.52. The SMILES string of the molecule is COc1cc(NC(=O)C(C)(C)c2ccc(F)cc2)cc(OC)c1OC. The van der Waals surface area contributed by atoms with Gasteiger partial charge in [0, 0.05) is 17.8 Å². The molecule has 0 heterocycles. The molecule has 0 saturated heterocycles. The monoisotopic (exact) mass is 347 g/mol. The van der Waals surface area contributed by atoms with E-state index in [2.05, 4.69) is 5.32 Å². The molecular formula is C19H22FNO4. The van der Waals surface area contributed by atoms with Crippen LogP contribution in [0.3, 0.4) is 0 Å². The average molecular weight is 347 g/mol. The van der Waals surface area contributed by atoms with Crippen LogP contribution in [0.4, 0.5) is 10.1 Å². The molecule has 0 unspecified atom stereocenters. The summed E-state index contributed by atoms with van der Waals surface area (Å²) >= 11 is 0. The molecule has 2 aromatic carbocycles. The molecule has 1 N–H and O–H groups in total. The molecule has 0 radical (unpaired) electrons. The minimum atomic E-state index is -0.853. The number of ether oxygens (including phenoxy) is 3. The lowest BCUT2D eigenvalue weighted by Gasteiger charge is -2.24. The van der Waals surface area contributed by atoms with Crippen molar-refractivity contribution in [3.8, 4) is 17.2 Å². The second-order valence-electron chi connectivity index (χ2n) is 6.00. The Labute approximate surface area is 146 Å². The first-order valence-electron chi connectivity index (χ1n) is 7.71. The summed E-state index contributed by atoms with van der Waals surface area (Å²) in [6, 6.07) is 9.18. The normalized spacial score (nSPS) is 11.0. The van der Waals surface area contributed by atoms with Crippen LogP contribution in [-0.2, 0) is 10.2 Å². The minimum Gasteiger partial charge on any atom is -0.493 e. The number of amides is 1. The molecule has 0 fully saturated rings. The van der Waals surface area contributed by atoms with Crippen molar-refractivity contribution in [2.45, 2.75) is 19.3 Å². The molecule has 0 spiro atoms. The van der Waals surface area contributed by atoms with E-state index >= 15 is 0 Å². The Kier molecular flexibility index (Phi) is 5.51. The summed E-state index contributed by atoms with van der Waals surface area (Å²) in [5, 5.41) is 2.85. The zero-order chi connectivity index (χ0) is 18.6. The lowest BCUT2D eigenvalue weighted by atomic mass is 9.83. The molecule has 0 atom stereocenters. The number of benzene rings is 2. The molecule has 0 aliphatic heterocycles. The fourth-order valence-corrected chi connectivity index (χ4v) is 2.44. The van der Waals surface area contributed by atoms with E-state index in [0.717, 1.165) is 0 Å². The van der Waals surface area contributed by atoms with E-state index in [1.54, 1.807) is 38.1 Å². The van der Waals surface area contributed by atoms with Crippen LogP contribution in [0.25, 0.3) is 0 Å². The van der Waals surface area contributed by atoms with Crippen molar-refractivity contribution in [2.75, 3.05) is 26.6 Å². The maximum atomic E-state index is 13.1. The molecule has 25 heavy (non-hydrogen) atoms. The molecule has 2 rings (SSSR count). The molecule has 1 amide bonds. The van der Waals surface area contributed by atoms with Gasteiger partial charge in [0.2, 0.25) is 11.7 Å². The Morgan fingerprint density at radius 1 is 0.960 bits per heavy atom. The van der Waals surface area contributed by atoms with Gasteiger partial charge < -0.3 is 19.5 Å². The van der Waals surface area contributed by atoms with Crippen molar-refractivity contribution in [3.63, 3.8) is 0 Å². The number of carbonyl (C=O) groups is 1. The molecule has 0 aliphatic carbocycles.